The fourth-order valence-electron chi connectivity index (χ4n) is 3.03. The van der Waals surface area contributed by atoms with E-state index in [1.54, 1.807) is 27.7 Å². The molecule has 0 aromatic rings. The molecular weight excluding hydrogens is 676 g/mol. The van der Waals surface area contributed by atoms with Gasteiger partial charge in [-0.15, -0.1) is 0 Å². The van der Waals surface area contributed by atoms with E-state index in [0.717, 1.165) is 0 Å². The van der Waals surface area contributed by atoms with Gasteiger partial charge in [0, 0.05) is 24.7 Å². The topological polar surface area (TPSA) is 251 Å². The van der Waals surface area contributed by atoms with E-state index >= 15 is 0 Å². The van der Waals surface area contributed by atoms with Crippen molar-refractivity contribution in [3.05, 3.63) is 0 Å². The number of hydrogen-bond acceptors (Lipinski definition) is 18. The van der Waals surface area contributed by atoms with Crippen molar-refractivity contribution in [3.63, 3.8) is 0 Å². The van der Waals surface area contributed by atoms with Crippen molar-refractivity contribution < 1.29 is 83.0 Å². The van der Waals surface area contributed by atoms with E-state index < -0.39 is 123 Å². The molecule has 2 unspecified atom stereocenters. The molecule has 0 aliphatic heterocycles. The van der Waals surface area contributed by atoms with Crippen LogP contribution in [-0.2, 0) is 66.6 Å². The van der Waals surface area contributed by atoms with Crippen LogP contribution in [0.1, 0.15) is 75.7 Å². The van der Waals surface area contributed by atoms with Gasteiger partial charge < -0.3 is 38.6 Å². The Kier molecular flexibility index (Phi) is 17.6. The SMILES string of the molecule is CC(C)OC(=O)OC(C)OC(=O)[C@H](O)C(C)(C)COS(=O)(=O)CCCS(=O)(=O)OCC(C)(C)[C@@H](O)C(=O)OC(C)OC(=O)OC(C)C. The quantitative estimate of drug-likeness (QED) is 0.0785. The predicted octanol–water partition coefficient (Wildman–Crippen LogP) is 1.75. The molecule has 0 bridgehead atoms. The Morgan fingerprint density at radius 2 is 0.851 bits per heavy atom. The van der Waals surface area contributed by atoms with Gasteiger partial charge in [0.1, 0.15) is 0 Å². The van der Waals surface area contributed by atoms with Crippen LogP contribution in [0.2, 0.25) is 0 Å². The molecule has 0 radical (unpaired) electrons. The zero-order valence-corrected chi connectivity index (χ0v) is 29.9. The molecule has 276 valence electrons. The van der Waals surface area contributed by atoms with Gasteiger partial charge in [-0.2, -0.15) is 16.8 Å². The number of hydrogen-bond donors (Lipinski definition) is 2. The predicted molar refractivity (Wildman–Crippen MR) is 160 cm³/mol. The van der Waals surface area contributed by atoms with Crippen molar-refractivity contribution in [3.8, 4) is 0 Å². The third kappa shape index (κ3) is 18.4. The first kappa shape index (κ1) is 44.2. The first-order valence-electron chi connectivity index (χ1n) is 14.5. The van der Waals surface area contributed by atoms with Crippen LogP contribution in [-0.4, -0.2) is 113 Å². The minimum atomic E-state index is -4.36. The molecule has 0 aliphatic carbocycles. The molecule has 4 atom stereocenters. The van der Waals surface area contributed by atoms with Gasteiger partial charge in [0.05, 0.1) is 36.9 Å². The number of aliphatic hydroxyl groups excluding tert-OH is 2. The van der Waals surface area contributed by atoms with Crippen LogP contribution in [0.4, 0.5) is 9.59 Å². The molecule has 18 nitrogen and oxygen atoms in total. The van der Waals surface area contributed by atoms with Crippen LogP contribution in [0.25, 0.3) is 0 Å². The fraction of sp³-hybridized carbons (Fsp3) is 0.852. The molecule has 2 N–H and O–H groups in total. The van der Waals surface area contributed by atoms with Gasteiger partial charge in [0.2, 0.25) is 12.6 Å². The normalized spacial score (nSPS) is 15.3. The second-order valence-electron chi connectivity index (χ2n) is 12.3. The molecule has 0 saturated carbocycles. The number of carbonyl (C=O) groups excluding carboxylic acids is 4. The Morgan fingerprint density at radius 3 is 1.13 bits per heavy atom. The molecule has 0 rings (SSSR count). The average Bonchev–Trinajstić information content (AvgIpc) is 2.88. The summed E-state index contributed by atoms with van der Waals surface area (Å²) in [6.45, 7) is 12.4. The van der Waals surface area contributed by atoms with E-state index in [1.807, 2.05) is 0 Å². The lowest BCUT2D eigenvalue weighted by Gasteiger charge is -2.29. The first-order valence-corrected chi connectivity index (χ1v) is 17.6. The van der Waals surface area contributed by atoms with Crippen molar-refractivity contribution >= 4 is 44.5 Å². The van der Waals surface area contributed by atoms with Crippen molar-refractivity contribution in [1.29, 1.82) is 0 Å². The first-order chi connectivity index (χ1) is 21.2. The lowest BCUT2D eigenvalue weighted by molar-refractivity contribution is -0.186. The van der Waals surface area contributed by atoms with Crippen LogP contribution in [0.15, 0.2) is 0 Å². The average molecular weight is 725 g/mol. The van der Waals surface area contributed by atoms with E-state index in [4.69, 9.17) is 36.8 Å². The third-order valence-electron chi connectivity index (χ3n) is 5.69. The van der Waals surface area contributed by atoms with E-state index in [9.17, 15) is 46.2 Å². The summed E-state index contributed by atoms with van der Waals surface area (Å²) in [6.07, 6.45) is -10.4. The number of ether oxygens (including phenoxy) is 6. The smallest absolute Gasteiger partial charge is 0.431 e. The van der Waals surface area contributed by atoms with E-state index in [-0.39, 0.29) is 0 Å². The summed E-state index contributed by atoms with van der Waals surface area (Å²) in [5.74, 6) is -4.05. The van der Waals surface area contributed by atoms with Gasteiger partial charge in [-0.25, -0.2) is 19.2 Å². The Labute approximate surface area is 275 Å². The molecule has 0 heterocycles. The highest BCUT2D eigenvalue weighted by molar-refractivity contribution is 7.87. The zero-order valence-electron chi connectivity index (χ0n) is 28.2. The van der Waals surface area contributed by atoms with Gasteiger partial charge >= 0.3 is 24.2 Å². The number of aliphatic hydroxyl groups is 2. The molecule has 0 aliphatic rings. The molecule has 20 heteroatoms. The molecule has 0 spiro atoms. The van der Waals surface area contributed by atoms with Crippen LogP contribution in [0.3, 0.4) is 0 Å². The van der Waals surface area contributed by atoms with Crippen LogP contribution in [0, 0.1) is 10.8 Å². The largest absolute Gasteiger partial charge is 0.511 e. The molecule has 0 saturated heterocycles. The van der Waals surface area contributed by atoms with Crippen LogP contribution < -0.4 is 0 Å². The summed E-state index contributed by atoms with van der Waals surface area (Å²) in [4.78, 5) is 47.6. The number of esters is 2. The molecule has 0 fully saturated rings. The number of rotatable bonds is 20. The van der Waals surface area contributed by atoms with Gasteiger partial charge in [-0.05, 0) is 34.1 Å². The molecule has 0 aromatic heterocycles. The van der Waals surface area contributed by atoms with Crippen molar-refractivity contribution in [1.82, 2.24) is 0 Å². The van der Waals surface area contributed by atoms with Gasteiger partial charge in [0.25, 0.3) is 20.2 Å². The summed E-state index contributed by atoms with van der Waals surface area (Å²) < 4.78 is 87.9. The lowest BCUT2D eigenvalue weighted by atomic mass is 9.87. The van der Waals surface area contributed by atoms with E-state index in [0.29, 0.717) is 0 Å². The standard InChI is InChI=1S/C27H48O18S2/c1-16(2)40-24(32)44-18(5)42-22(30)20(28)26(7,8)14-38-46(34,35)12-11-13-47(36,37)39-15-27(9,10)21(29)23(31)43-19(6)45-25(33)41-17(3)4/h16-21,28-29H,11-15H2,1-10H3/t18?,19?,20-,21-/m0/s1. The monoisotopic (exact) mass is 724 g/mol. The Balaban J connectivity index is 4.87. The summed E-state index contributed by atoms with van der Waals surface area (Å²) in [6, 6.07) is 0. The van der Waals surface area contributed by atoms with Crippen molar-refractivity contribution in [2.24, 2.45) is 10.8 Å². The maximum absolute atomic E-state index is 12.4. The number of carbonyl (C=O) groups is 4. The highest BCUT2D eigenvalue weighted by atomic mass is 32.2. The van der Waals surface area contributed by atoms with Gasteiger partial charge in [0.15, 0.2) is 12.2 Å². The Hall–Kier alpha value is -2.78. The Morgan fingerprint density at radius 1 is 0.553 bits per heavy atom. The second-order valence-corrected chi connectivity index (χ2v) is 15.8. The maximum Gasteiger partial charge on any atom is 0.511 e. The minimum absolute atomic E-state index is 0.483. The molecule has 0 aromatic carbocycles. The summed E-state index contributed by atoms with van der Waals surface area (Å²) in [7, 11) is -8.71. The maximum atomic E-state index is 12.4. The molecule has 0 amide bonds. The van der Waals surface area contributed by atoms with Crippen LogP contribution >= 0.6 is 0 Å². The molecular formula is C27H48O18S2. The highest BCUT2D eigenvalue weighted by Gasteiger charge is 2.39. The minimum Gasteiger partial charge on any atom is -0.431 e. The summed E-state index contributed by atoms with van der Waals surface area (Å²) in [5.41, 5.74) is -3.04. The third-order valence-corrected chi connectivity index (χ3v) is 8.22. The summed E-state index contributed by atoms with van der Waals surface area (Å²) >= 11 is 0. The highest BCUT2D eigenvalue weighted by Crippen LogP contribution is 2.25. The van der Waals surface area contributed by atoms with Crippen molar-refractivity contribution in [2.45, 2.75) is 113 Å². The summed E-state index contributed by atoms with van der Waals surface area (Å²) in [5, 5.41) is 20.7. The van der Waals surface area contributed by atoms with E-state index in [2.05, 4.69) is 0 Å². The molecule has 47 heavy (non-hydrogen) atoms. The van der Waals surface area contributed by atoms with Crippen molar-refractivity contribution in [2.75, 3.05) is 24.7 Å². The van der Waals surface area contributed by atoms with E-state index in [1.165, 1.54) is 41.5 Å². The van der Waals surface area contributed by atoms with Crippen LogP contribution in [0.5, 0.6) is 0 Å². The fourth-order valence-corrected chi connectivity index (χ4v) is 5.41. The lowest BCUT2D eigenvalue weighted by Crippen LogP contribution is -2.43. The van der Waals surface area contributed by atoms with Gasteiger partial charge in [-0.3, -0.25) is 8.37 Å². The zero-order chi connectivity index (χ0) is 37.0. The second kappa shape index (κ2) is 18.7. The Bertz CT molecular complexity index is 1160. The van der Waals surface area contributed by atoms with Gasteiger partial charge in [-0.1, -0.05) is 27.7 Å².